The van der Waals surface area contributed by atoms with Crippen molar-refractivity contribution in [3.8, 4) is 16.9 Å². The Kier molecular flexibility index (Phi) is 2.93. The van der Waals surface area contributed by atoms with Gasteiger partial charge in [-0.3, -0.25) is 0 Å². The van der Waals surface area contributed by atoms with Gasteiger partial charge >= 0.3 is 0 Å². The summed E-state index contributed by atoms with van der Waals surface area (Å²) in [6.07, 6.45) is 0. The van der Waals surface area contributed by atoms with Crippen molar-refractivity contribution in [2.75, 3.05) is 0 Å². The van der Waals surface area contributed by atoms with Gasteiger partial charge in [0.15, 0.2) is 0 Å². The molecule has 17 heavy (non-hydrogen) atoms. The molecule has 0 aliphatic heterocycles. The molecule has 0 saturated heterocycles. The second-order valence-electron chi connectivity index (χ2n) is 4.75. The summed E-state index contributed by atoms with van der Waals surface area (Å²) in [5, 5.41) is 9.56. The second kappa shape index (κ2) is 4.25. The molecule has 1 N–H and O–H groups in total. The lowest BCUT2D eigenvalue weighted by molar-refractivity contribution is 0.471. The Bertz CT molecular complexity index is 568. The van der Waals surface area contributed by atoms with Gasteiger partial charge in [-0.25, -0.2) is 0 Å². The van der Waals surface area contributed by atoms with E-state index in [1.165, 1.54) is 27.8 Å². The van der Waals surface area contributed by atoms with Crippen LogP contribution in [0, 0.1) is 27.7 Å². The van der Waals surface area contributed by atoms with Crippen LogP contribution in [0.4, 0.5) is 0 Å². The van der Waals surface area contributed by atoms with Crippen molar-refractivity contribution in [3.05, 3.63) is 52.6 Å². The zero-order valence-electron chi connectivity index (χ0n) is 10.8. The van der Waals surface area contributed by atoms with Crippen LogP contribution in [0.25, 0.3) is 11.1 Å². The van der Waals surface area contributed by atoms with Crippen molar-refractivity contribution >= 4 is 0 Å². The van der Waals surface area contributed by atoms with E-state index in [1.54, 1.807) is 6.07 Å². The Labute approximate surface area is 103 Å². The molecule has 88 valence electrons. The maximum atomic E-state index is 9.56. The van der Waals surface area contributed by atoms with Crippen molar-refractivity contribution in [2.24, 2.45) is 0 Å². The fourth-order valence-corrected chi connectivity index (χ4v) is 2.09. The standard InChI is InChI=1S/C16H18O/c1-10-7-12(3)15(9-11(10)2)14-5-6-16(17)13(4)8-14/h5-9,17H,1-4H3. The van der Waals surface area contributed by atoms with Gasteiger partial charge in [-0.05, 0) is 73.2 Å². The summed E-state index contributed by atoms with van der Waals surface area (Å²) in [4.78, 5) is 0. The van der Waals surface area contributed by atoms with Crippen LogP contribution in [0.1, 0.15) is 22.3 Å². The minimum atomic E-state index is 0.357. The highest BCUT2D eigenvalue weighted by Crippen LogP contribution is 2.29. The molecule has 1 nitrogen and oxygen atoms in total. The van der Waals surface area contributed by atoms with Gasteiger partial charge < -0.3 is 5.11 Å². The number of hydrogen-bond donors (Lipinski definition) is 1. The minimum absolute atomic E-state index is 0.357. The molecule has 0 radical (unpaired) electrons. The highest BCUT2D eigenvalue weighted by molar-refractivity contribution is 5.70. The molecular weight excluding hydrogens is 208 g/mol. The molecule has 2 aromatic rings. The van der Waals surface area contributed by atoms with E-state index in [0.29, 0.717) is 5.75 Å². The summed E-state index contributed by atoms with van der Waals surface area (Å²) < 4.78 is 0. The molecule has 1 heteroatoms. The third-order valence-electron chi connectivity index (χ3n) is 3.35. The first kappa shape index (κ1) is 11.7. The Hall–Kier alpha value is -1.76. The zero-order valence-corrected chi connectivity index (χ0v) is 10.8. The van der Waals surface area contributed by atoms with Crippen molar-refractivity contribution in [3.63, 3.8) is 0 Å². The van der Waals surface area contributed by atoms with Crippen molar-refractivity contribution in [1.82, 2.24) is 0 Å². The topological polar surface area (TPSA) is 20.2 Å². The van der Waals surface area contributed by atoms with Crippen molar-refractivity contribution in [1.29, 1.82) is 0 Å². The number of phenols is 1. The van der Waals surface area contributed by atoms with E-state index in [4.69, 9.17) is 0 Å². The molecule has 0 aliphatic rings. The lowest BCUT2D eigenvalue weighted by atomic mass is 9.94. The smallest absolute Gasteiger partial charge is 0.118 e. The average Bonchev–Trinajstić information content (AvgIpc) is 2.27. The van der Waals surface area contributed by atoms with Crippen LogP contribution < -0.4 is 0 Å². The number of aromatic hydroxyl groups is 1. The largest absolute Gasteiger partial charge is 0.508 e. The van der Waals surface area contributed by atoms with Crippen LogP contribution >= 0.6 is 0 Å². The predicted octanol–water partition coefficient (Wildman–Crippen LogP) is 4.29. The zero-order chi connectivity index (χ0) is 12.6. The number of phenolic OH excluding ortho intramolecular Hbond substituents is 1. The normalized spacial score (nSPS) is 10.6. The summed E-state index contributed by atoms with van der Waals surface area (Å²) in [5.41, 5.74) is 7.23. The van der Waals surface area contributed by atoms with Crippen LogP contribution in [0.5, 0.6) is 5.75 Å². The summed E-state index contributed by atoms with van der Waals surface area (Å²) in [6.45, 7) is 8.32. The Balaban J connectivity index is 2.60. The Morgan fingerprint density at radius 1 is 0.706 bits per heavy atom. The first-order valence-electron chi connectivity index (χ1n) is 5.87. The van der Waals surface area contributed by atoms with Crippen LogP contribution in [0.3, 0.4) is 0 Å². The monoisotopic (exact) mass is 226 g/mol. The quantitative estimate of drug-likeness (QED) is 0.769. The third-order valence-corrected chi connectivity index (χ3v) is 3.35. The van der Waals surface area contributed by atoms with Crippen molar-refractivity contribution in [2.45, 2.75) is 27.7 Å². The lowest BCUT2D eigenvalue weighted by Crippen LogP contribution is -1.89. The molecule has 0 bridgehead atoms. The minimum Gasteiger partial charge on any atom is -0.508 e. The molecule has 2 rings (SSSR count). The molecule has 0 unspecified atom stereocenters. The van der Waals surface area contributed by atoms with Crippen molar-refractivity contribution < 1.29 is 5.11 Å². The molecule has 2 aromatic carbocycles. The molecule has 0 amide bonds. The fourth-order valence-electron chi connectivity index (χ4n) is 2.09. The number of aryl methyl sites for hydroxylation is 4. The Morgan fingerprint density at radius 2 is 1.35 bits per heavy atom. The van der Waals surface area contributed by atoms with Gasteiger partial charge in [-0.15, -0.1) is 0 Å². The van der Waals surface area contributed by atoms with Gasteiger partial charge in [-0.2, -0.15) is 0 Å². The number of hydrogen-bond acceptors (Lipinski definition) is 1. The number of benzene rings is 2. The molecule has 0 spiro atoms. The number of rotatable bonds is 1. The van der Waals surface area contributed by atoms with E-state index in [0.717, 1.165) is 5.56 Å². The van der Waals surface area contributed by atoms with E-state index < -0.39 is 0 Å². The van der Waals surface area contributed by atoms with E-state index in [-0.39, 0.29) is 0 Å². The van der Waals surface area contributed by atoms with Gasteiger partial charge in [0, 0.05) is 0 Å². The van der Waals surface area contributed by atoms with Crippen LogP contribution in [-0.4, -0.2) is 5.11 Å². The van der Waals surface area contributed by atoms with E-state index in [9.17, 15) is 5.11 Å². The molecule has 0 heterocycles. The molecule has 0 fully saturated rings. The van der Waals surface area contributed by atoms with Gasteiger partial charge in [-0.1, -0.05) is 18.2 Å². The van der Waals surface area contributed by atoms with Crippen LogP contribution in [0.15, 0.2) is 30.3 Å². The lowest BCUT2D eigenvalue weighted by Gasteiger charge is -2.11. The van der Waals surface area contributed by atoms with Crippen LogP contribution in [-0.2, 0) is 0 Å². The maximum Gasteiger partial charge on any atom is 0.118 e. The molecule has 0 atom stereocenters. The fraction of sp³-hybridized carbons (Fsp3) is 0.250. The summed E-state index contributed by atoms with van der Waals surface area (Å²) in [6, 6.07) is 10.2. The third kappa shape index (κ3) is 2.19. The van der Waals surface area contributed by atoms with Gasteiger partial charge in [0.25, 0.3) is 0 Å². The summed E-state index contributed by atoms with van der Waals surface area (Å²) in [5.74, 6) is 0.357. The maximum absolute atomic E-state index is 9.56. The SMILES string of the molecule is Cc1cc(C)c(-c2ccc(O)c(C)c2)cc1C. The highest BCUT2D eigenvalue weighted by atomic mass is 16.3. The van der Waals surface area contributed by atoms with Gasteiger partial charge in [0.2, 0.25) is 0 Å². The average molecular weight is 226 g/mol. The molecule has 0 saturated carbocycles. The highest BCUT2D eigenvalue weighted by Gasteiger charge is 2.06. The molecule has 0 aliphatic carbocycles. The summed E-state index contributed by atoms with van der Waals surface area (Å²) in [7, 11) is 0. The van der Waals surface area contributed by atoms with Crippen LogP contribution in [0.2, 0.25) is 0 Å². The van der Waals surface area contributed by atoms with E-state index in [2.05, 4.69) is 32.9 Å². The van der Waals surface area contributed by atoms with E-state index >= 15 is 0 Å². The van der Waals surface area contributed by atoms with E-state index in [1.807, 2.05) is 19.1 Å². The molecular formula is C16H18O. The Morgan fingerprint density at radius 3 is 2.00 bits per heavy atom. The molecule has 0 aromatic heterocycles. The van der Waals surface area contributed by atoms with Gasteiger partial charge in [0.1, 0.15) is 5.75 Å². The van der Waals surface area contributed by atoms with Gasteiger partial charge in [0.05, 0.1) is 0 Å². The first-order valence-corrected chi connectivity index (χ1v) is 5.87. The first-order chi connectivity index (χ1) is 7.99. The summed E-state index contributed by atoms with van der Waals surface area (Å²) >= 11 is 0. The predicted molar refractivity (Wildman–Crippen MR) is 72.5 cm³/mol. The second-order valence-corrected chi connectivity index (χ2v) is 4.75.